The standard InChI is InChI=1S/C19H25NO6/c1-18(2)23-14-13(11-20(21)10-12-8-6-5-7-9-12)22-17-16(15(14)24-18)25-19(3,4)26-17/h5-9,11,13-17H,10H2,1-4H3/b20-11-/t13-,14+,15+,16-,17-/m1/s1. The number of hydrogen-bond acceptors (Lipinski definition) is 6. The molecular formula is C19H25NO6. The van der Waals surface area contributed by atoms with Crippen molar-refractivity contribution >= 4 is 6.21 Å². The van der Waals surface area contributed by atoms with Gasteiger partial charge < -0.3 is 28.9 Å². The zero-order valence-corrected chi connectivity index (χ0v) is 15.5. The van der Waals surface area contributed by atoms with Gasteiger partial charge in [-0.15, -0.1) is 0 Å². The molecule has 3 heterocycles. The fraction of sp³-hybridized carbons (Fsp3) is 0.632. The molecule has 0 N–H and O–H groups in total. The van der Waals surface area contributed by atoms with E-state index in [1.165, 1.54) is 6.21 Å². The summed E-state index contributed by atoms with van der Waals surface area (Å²) in [6, 6.07) is 9.55. The van der Waals surface area contributed by atoms with Gasteiger partial charge in [0.25, 0.3) is 0 Å². The summed E-state index contributed by atoms with van der Waals surface area (Å²) in [7, 11) is 0. The molecule has 0 aliphatic carbocycles. The summed E-state index contributed by atoms with van der Waals surface area (Å²) in [5.74, 6) is -1.55. The lowest BCUT2D eigenvalue weighted by molar-refractivity contribution is -0.474. The predicted octanol–water partition coefficient (Wildman–Crippen LogP) is 2.16. The summed E-state index contributed by atoms with van der Waals surface area (Å²) >= 11 is 0. The zero-order valence-electron chi connectivity index (χ0n) is 15.5. The van der Waals surface area contributed by atoms with Crippen molar-refractivity contribution < 1.29 is 28.4 Å². The highest BCUT2D eigenvalue weighted by Crippen LogP contribution is 2.43. The van der Waals surface area contributed by atoms with Gasteiger partial charge in [-0.3, -0.25) is 0 Å². The zero-order chi connectivity index (χ0) is 18.5. The number of nitrogens with zero attached hydrogens (tertiary/aromatic N) is 1. The maximum absolute atomic E-state index is 12.5. The first-order valence-corrected chi connectivity index (χ1v) is 8.92. The van der Waals surface area contributed by atoms with Gasteiger partial charge in [-0.1, -0.05) is 30.3 Å². The van der Waals surface area contributed by atoms with Gasteiger partial charge in [-0.2, -0.15) is 0 Å². The van der Waals surface area contributed by atoms with E-state index in [0.29, 0.717) is 0 Å². The van der Waals surface area contributed by atoms with E-state index >= 15 is 0 Å². The number of hydrogen-bond donors (Lipinski definition) is 0. The van der Waals surface area contributed by atoms with Crippen LogP contribution in [0.1, 0.15) is 33.3 Å². The fourth-order valence-corrected chi connectivity index (χ4v) is 3.74. The molecule has 3 aliphatic rings. The Hall–Kier alpha value is -1.51. The van der Waals surface area contributed by atoms with E-state index in [1.807, 2.05) is 58.0 Å². The van der Waals surface area contributed by atoms with Crippen LogP contribution in [0.25, 0.3) is 0 Å². The Balaban J connectivity index is 1.56. The van der Waals surface area contributed by atoms with Crippen molar-refractivity contribution in [3.63, 3.8) is 0 Å². The van der Waals surface area contributed by atoms with Crippen molar-refractivity contribution in [1.29, 1.82) is 0 Å². The second-order valence-electron chi connectivity index (χ2n) is 7.84. The van der Waals surface area contributed by atoms with Gasteiger partial charge in [-0.25, -0.2) is 4.74 Å². The molecule has 1 aromatic rings. The largest absolute Gasteiger partial charge is 0.624 e. The van der Waals surface area contributed by atoms with Crippen LogP contribution in [0.15, 0.2) is 30.3 Å². The summed E-state index contributed by atoms with van der Waals surface area (Å²) < 4.78 is 30.7. The van der Waals surface area contributed by atoms with Gasteiger partial charge in [0.15, 0.2) is 36.7 Å². The molecule has 4 rings (SSSR count). The van der Waals surface area contributed by atoms with Crippen LogP contribution in [0.2, 0.25) is 0 Å². The average Bonchev–Trinajstić information content (AvgIpc) is 3.03. The third-order valence-corrected chi connectivity index (χ3v) is 4.68. The van der Waals surface area contributed by atoms with Gasteiger partial charge in [0.05, 0.1) is 0 Å². The summed E-state index contributed by atoms with van der Waals surface area (Å²) in [6.45, 7) is 7.59. The van der Waals surface area contributed by atoms with E-state index in [-0.39, 0.29) is 12.6 Å². The van der Waals surface area contributed by atoms with Crippen LogP contribution < -0.4 is 0 Å². The highest BCUT2D eigenvalue weighted by Gasteiger charge is 2.61. The topological polar surface area (TPSA) is 72.2 Å². The summed E-state index contributed by atoms with van der Waals surface area (Å²) in [5, 5.41) is 12.5. The normalized spacial score (nSPS) is 38.0. The van der Waals surface area contributed by atoms with Gasteiger partial charge in [0.1, 0.15) is 18.3 Å². The lowest BCUT2D eigenvalue weighted by Gasteiger charge is -2.34. The number of rotatable bonds is 3. The minimum absolute atomic E-state index is 0.235. The Morgan fingerprint density at radius 1 is 0.923 bits per heavy atom. The molecule has 0 unspecified atom stereocenters. The van der Waals surface area contributed by atoms with Crippen molar-refractivity contribution in [3.05, 3.63) is 41.1 Å². The molecule has 26 heavy (non-hydrogen) atoms. The molecule has 0 amide bonds. The van der Waals surface area contributed by atoms with E-state index in [0.717, 1.165) is 10.3 Å². The SMILES string of the molecule is CC1(C)O[C@H]2[C@@H](O1)[C@@H](/C=[N+](\[O-])Cc1ccccc1)O[C@@H]1OC(C)(C)O[C@@H]12. The van der Waals surface area contributed by atoms with Crippen LogP contribution in [0.4, 0.5) is 0 Å². The fourth-order valence-electron chi connectivity index (χ4n) is 3.74. The summed E-state index contributed by atoms with van der Waals surface area (Å²) in [6.07, 6.45) is -0.874. The molecule has 3 fully saturated rings. The van der Waals surface area contributed by atoms with E-state index in [4.69, 9.17) is 23.7 Å². The number of benzene rings is 1. The maximum atomic E-state index is 12.5. The first-order chi connectivity index (χ1) is 12.2. The summed E-state index contributed by atoms with van der Waals surface area (Å²) in [4.78, 5) is 0. The molecule has 0 saturated carbocycles. The molecule has 7 nitrogen and oxygen atoms in total. The van der Waals surface area contributed by atoms with E-state index < -0.39 is 36.2 Å². The van der Waals surface area contributed by atoms with E-state index in [2.05, 4.69) is 0 Å². The van der Waals surface area contributed by atoms with Gasteiger partial charge in [0, 0.05) is 5.56 Å². The third-order valence-electron chi connectivity index (χ3n) is 4.68. The Bertz CT molecular complexity index is 689. The van der Waals surface area contributed by atoms with Crippen molar-refractivity contribution in [2.75, 3.05) is 0 Å². The quantitative estimate of drug-likeness (QED) is 0.355. The highest BCUT2D eigenvalue weighted by atomic mass is 16.9. The Morgan fingerprint density at radius 2 is 1.54 bits per heavy atom. The summed E-state index contributed by atoms with van der Waals surface area (Å²) in [5.41, 5.74) is 0.925. The molecule has 0 radical (unpaired) electrons. The van der Waals surface area contributed by atoms with Gasteiger partial charge in [0.2, 0.25) is 0 Å². The van der Waals surface area contributed by atoms with Crippen LogP contribution in [0.3, 0.4) is 0 Å². The van der Waals surface area contributed by atoms with Crippen LogP contribution in [0.5, 0.6) is 0 Å². The molecule has 5 atom stereocenters. The van der Waals surface area contributed by atoms with Crippen molar-refractivity contribution in [3.8, 4) is 0 Å². The Kier molecular flexibility index (Phi) is 4.32. The Morgan fingerprint density at radius 3 is 2.27 bits per heavy atom. The molecule has 1 aromatic carbocycles. The van der Waals surface area contributed by atoms with Crippen molar-refractivity contribution in [1.82, 2.24) is 0 Å². The van der Waals surface area contributed by atoms with E-state index in [9.17, 15) is 5.21 Å². The third kappa shape index (κ3) is 3.50. The minimum atomic E-state index is -0.775. The molecule has 0 bridgehead atoms. The van der Waals surface area contributed by atoms with Crippen molar-refractivity contribution in [2.24, 2.45) is 0 Å². The first-order valence-electron chi connectivity index (χ1n) is 8.92. The van der Waals surface area contributed by atoms with Gasteiger partial charge >= 0.3 is 0 Å². The number of ether oxygens (including phenoxy) is 5. The molecule has 0 spiro atoms. The monoisotopic (exact) mass is 363 g/mol. The highest BCUT2D eigenvalue weighted by molar-refractivity contribution is 5.59. The number of hydroxylamine groups is 1. The molecular weight excluding hydrogens is 338 g/mol. The smallest absolute Gasteiger partial charge is 0.190 e. The predicted molar refractivity (Wildman–Crippen MR) is 92.4 cm³/mol. The minimum Gasteiger partial charge on any atom is -0.624 e. The molecule has 3 saturated heterocycles. The van der Waals surface area contributed by atoms with Crippen LogP contribution in [-0.2, 0) is 30.2 Å². The van der Waals surface area contributed by atoms with Gasteiger partial charge in [-0.05, 0) is 27.7 Å². The van der Waals surface area contributed by atoms with Crippen LogP contribution >= 0.6 is 0 Å². The second kappa shape index (κ2) is 6.28. The molecule has 142 valence electrons. The lowest BCUT2D eigenvalue weighted by Crippen LogP contribution is -2.56. The van der Waals surface area contributed by atoms with Crippen LogP contribution in [0, 0.1) is 5.21 Å². The van der Waals surface area contributed by atoms with E-state index in [1.54, 1.807) is 0 Å². The van der Waals surface area contributed by atoms with Crippen molar-refractivity contribution in [2.45, 2.75) is 76.5 Å². The second-order valence-corrected chi connectivity index (χ2v) is 7.84. The molecule has 0 aromatic heterocycles. The lowest BCUT2D eigenvalue weighted by atomic mass is 9.99. The first kappa shape index (κ1) is 17.9. The average molecular weight is 363 g/mol. The molecule has 3 aliphatic heterocycles. The van der Waals surface area contributed by atoms with Crippen LogP contribution in [-0.4, -0.2) is 53.2 Å². The maximum Gasteiger partial charge on any atom is 0.190 e. The number of fused-ring (bicyclic) bond motifs is 3. The Labute approximate surface area is 153 Å². The molecule has 7 heteroatoms.